The van der Waals surface area contributed by atoms with Gasteiger partial charge in [-0.2, -0.15) is 0 Å². The summed E-state index contributed by atoms with van der Waals surface area (Å²) in [7, 11) is 0. The summed E-state index contributed by atoms with van der Waals surface area (Å²) >= 11 is 0. The first-order valence-electron chi connectivity index (χ1n) is 6.95. The Morgan fingerprint density at radius 1 is 0.944 bits per heavy atom. The SMILES string of the molecule is CC#CCCC(N1CCOCC1)N1CCOCC1. The molecule has 2 aliphatic heterocycles. The van der Waals surface area contributed by atoms with Crippen LogP contribution in [0.1, 0.15) is 19.8 Å². The average Bonchev–Trinajstić information content (AvgIpc) is 2.46. The molecule has 0 aromatic heterocycles. The minimum absolute atomic E-state index is 0.513. The van der Waals surface area contributed by atoms with Gasteiger partial charge in [0.1, 0.15) is 0 Å². The van der Waals surface area contributed by atoms with Crippen molar-refractivity contribution in [3.63, 3.8) is 0 Å². The van der Waals surface area contributed by atoms with E-state index in [0.717, 1.165) is 65.4 Å². The molecule has 0 aromatic carbocycles. The van der Waals surface area contributed by atoms with E-state index in [4.69, 9.17) is 9.47 Å². The highest BCUT2D eigenvalue weighted by Gasteiger charge is 2.27. The second kappa shape index (κ2) is 7.75. The first-order chi connectivity index (χ1) is 8.92. The Morgan fingerprint density at radius 3 is 1.89 bits per heavy atom. The molecule has 0 amide bonds. The predicted molar refractivity (Wildman–Crippen MR) is 71.3 cm³/mol. The van der Waals surface area contributed by atoms with Gasteiger partial charge in [-0.3, -0.25) is 9.80 Å². The second-order valence-electron chi connectivity index (χ2n) is 4.74. The zero-order valence-corrected chi connectivity index (χ0v) is 11.4. The third-order valence-corrected chi connectivity index (χ3v) is 3.64. The Hall–Kier alpha value is -0.600. The first-order valence-corrected chi connectivity index (χ1v) is 6.95. The normalized spacial score (nSPS) is 22.8. The first kappa shape index (κ1) is 13.8. The van der Waals surface area contributed by atoms with Gasteiger partial charge in [0.15, 0.2) is 0 Å². The summed E-state index contributed by atoms with van der Waals surface area (Å²) in [5, 5.41) is 0. The number of hydrogen-bond acceptors (Lipinski definition) is 4. The summed E-state index contributed by atoms with van der Waals surface area (Å²) in [5.41, 5.74) is 0. The number of ether oxygens (including phenoxy) is 2. The van der Waals surface area contributed by atoms with Gasteiger partial charge in [-0.1, -0.05) is 0 Å². The van der Waals surface area contributed by atoms with E-state index in [9.17, 15) is 0 Å². The quantitative estimate of drug-likeness (QED) is 0.690. The van der Waals surface area contributed by atoms with Crippen LogP contribution in [0.25, 0.3) is 0 Å². The molecule has 0 aromatic rings. The number of rotatable bonds is 4. The van der Waals surface area contributed by atoms with E-state index in [0.29, 0.717) is 6.17 Å². The molecule has 0 atom stereocenters. The summed E-state index contributed by atoms with van der Waals surface area (Å²) in [6.07, 6.45) is 2.62. The van der Waals surface area contributed by atoms with E-state index < -0.39 is 0 Å². The zero-order chi connectivity index (χ0) is 12.6. The Bertz CT molecular complexity index is 268. The van der Waals surface area contributed by atoms with Crippen LogP contribution in [-0.4, -0.2) is 68.6 Å². The van der Waals surface area contributed by atoms with Crippen LogP contribution in [0.5, 0.6) is 0 Å². The van der Waals surface area contributed by atoms with Crippen LogP contribution in [0.2, 0.25) is 0 Å². The monoisotopic (exact) mass is 252 g/mol. The molecular weight excluding hydrogens is 228 g/mol. The van der Waals surface area contributed by atoms with Crippen LogP contribution in [0, 0.1) is 11.8 Å². The van der Waals surface area contributed by atoms with E-state index in [1.807, 2.05) is 6.92 Å². The van der Waals surface area contributed by atoms with Crippen LogP contribution >= 0.6 is 0 Å². The van der Waals surface area contributed by atoms with Crippen LogP contribution < -0.4 is 0 Å². The Morgan fingerprint density at radius 2 is 1.44 bits per heavy atom. The molecule has 0 bridgehead atoms. The van der Waals surface area contributed by atoms with Crippen LogP contribution in [0.4, 0.5) is 0 Å². The molecule has 0 saturated carbocycles. The molecule has 0 spiro atoms. The van der Waals surface area contributed by atoms with Gasteiger partial charge in [0.25, 0.3) is 0 Å². The third-order valence-electron chi connectivity index (χ3n) is 3.64. The third kappa shape index (κ3) is 3.96. The van der Waals surface area contributed by atoms with Gasteiger partial charge in [-0.05, 0) is 13.3 Å². The molecule has 2 rings (SSSR count). The van der Waals surface area contributed by atoms with Gasteiger partial charge in [0, 0.05) is 32.6 Å². The van der Waals surface area contributed by atoms with Gasteiger partial charge < -0.3 is 9.47 Å². The Balaban J connectivity index is 1.92. The standard InChI is InChI=1S/C14H24N2O2/c1-2-3-4-5-14(15-6-10-17-11-7-15)16-8-12-18-13-9-16/h14H,4-13H2,1H3. The molecule has 2 heterocycles. The van der Waals surface area contributed by atoms with Crippen LogP contribution in [0.3, 0.4) is 0 Å². The van der Waals surface area contributed by atoms with E-state index in [1.165, 1.54) is 0 Å². The molecule has 0 unspecified atom stereocenters. The van der Waals surface area contributed by atoms with Crippen molar-refractivity contribution in [2.75, 3.05) is 52.6 Å². The van der Waals surface area contributed by atoms with Crippen LogP contribution in [0.15, 0.2) is 0 Å². The van der Waals surface area contributed by atoms with Crippen molar-refractivity contribution in [2.24, 2.45) is 0 Å². The fourth-order valence-electron chi connectivity index (χ4n) is 2.67. The molecule has 0 aliphatic carbocycles. The molecule has 2 saturated heterocycles. The molecule has 102 valence electrons. The lowest BCUT2D eigenvalue weighted by molar-refractivity contribution is -0.0678. The lowest BCUT2D eigenvalue weighted by Crippen LogP contribution is -2.55. The number of nitrogens with zero attached hydrogens (tertiary/aromatic N) is 2. The highest BCUT2D eigenvalue weighted by Crippen LogP contribution is 2.15. The molecule has 0 radical (unpaired) electrons. The maximum absolute atomic E-state index is 5.45. The Kier molecular flexibility index (Phi) is 5.95. The van der Waals surface area contributed by atoms with Gasteiger partial charge in [-0.15, -0.1) is 11.8 Å². The molecule has 2 fully saturated rings. The lowest BCUT2D eigenvalue weighted by Gasteiger charge is -2.42. The maximum Gasteiger partial charge on any atom is 0.0634 e. The van der Waals surface area contributed by atoms with Gasteiger partial charge in [0.2, 0.25) is 0 Å². The highest BCUT2D eigenvalue weighted by molar-refractivity contribution is 4.96. The minimum Gasteiger partial charge on any atom is -0.379 e. The van der Waals surface area contributed by atoms with Gasteiger partial charge >= 0.3 is 0 Å². The van der Waals surface area contributed by atoms with Crippen molar-refractivity contribution in [3.05, 3.63) is 0 Å². The largest absolute Gasteiger partial charge is 0.379 e. The van der Waals surface area contributed by atoms with Gasteiger partial charge in [0.05, 0.1) is 32.6 Å². The summed E-state index contributed by atoms with van der Waals surface area (Å²) in [6, 6.07) is 0. The minimum atomic E-state index is 0.513. The second-order valence-corrected chi connectivity index (χ2v) is 4.74. The molecule has 2 aliphatic rings. The fourth-order valence-corrected chi connectivity index (χ4v) is 2.67. The summed E-state index contributed by atoms with van der Waals surface area (Å²) < 4.78 is 10.9. The predicted octanol–water partition coefficient (Wildman–Crippen LogP) is 0.780. The van der Waals surface area contributed by atoms with Crippen molar-refractivity contribution >= 4 is 0 Å². The van der Waals surface area contributed by atoms with Gasteiger partial charge in [-0.25, -0.2) is 0 Å². The van der Waals surface area contributed by atoms with Crippen molar-refractivity contribution in [1.82, 2.24) is 9.80 Å². The summed E-state index contributed by atoms with van der Waals surface area (Å²) in [5.74, 6) is 6.18. The number of hydrogen-bond donors (Lipinski definition) is 0. The topological polar surface area (TPSA) is 24.9 Å². The number of morpholine rings is 2. The Labute approximate surface area is 110 Å². The van der Waals surface area contributed by atoms with E-state index in [-0.39, 0.29) is 0 Å². The average molecular weight is 252 g/mol. The lowest BCUT2D eigenvalue weighted by atomic mass is 10.2. The molecular formula is C14H24N2O2. The van der Waals surface area contributed by atoms with E-state index in [1.54, 1.807) is 0 Å². The van der Waals surface area contributed by atoms with E-state index >= 15 is 0 Å². The van der Waals surface area contributed by atoms with Crippen molar-refractivity contribution in [3.8, 4) is 11.8 Å². The fraction of sp³-hybridized carbons (Fsp3) is 0.857. The van der Waals surface area contributed by atoms with Crippen LogP contribution in [-0.2, 0) is 9.47 Å². The van der Waals surface area contributed by atoms with Crippen molar-refractivity contribution < 1.29 is 9.47 Å². The molecule has 0 N–H and O–H groups in total. The van der Waals surface area contributed by atoms with E-state index in [2.05, 4.69) is 21.6 Å². The smallest absolute Gasteiger partial charge is 0.0634 e. The van der Waals surface area contributed by atoms with Crippen molar-refractivity contribution in [2.45, 2.75) is 25.9 Å². The zero-order valence-electron chi connectivity index (χ0n) is 11.4. The highest BCUT2D eigenvalue weighted by atomic mass is 16.5. The summed E-state index contributed by atoms with van der Waals surface area (Å²) in [6.45, 7) is 9.53. The molecule has 18 heavy (non-hydrogen) atoms. The summed E-state index contributed by atoms with van der Waals surface area (Å²) in [4.78, 5) is 5.10. The molecule has 4 nitrogen and oxygen atoms in total. The maximum atomic E-state index is 5.45. The molecule has 4 heteroatoms. The van der Waals surface area contributed by atoms with Crippen molar-refractivity contribution in [1.29, 1.82) is 0 Å².